The molecule has 4 nitrogen and oxygen atoms in total. The Bertz CT molecular complexity index is 693. The molecule has 0 atom stereocenters. The Morgan fingerprint density at radius 3 is 2.00 bits per heavy atom. The van der Waals surface area contributed by atoms with Gasteiger partial charge in [0.1, 0.15) is 0 Å². The summed E-state index contributed by atoms with van der Waals surface area (Å²) in [4.78, 5) is 14.8. The van der Waals surface area contributed by atoms with Gasteiger partial charge in [0.25, 0.3) is 5.91 Å². The van der Waals surface area contributed by atoms with Crippen molar-refractivity contribution in [3.8, 4) is 0 Å². The normalized spacial score (nSPS) is 14.9. The number of nitrogens with one attached hydrogen (secondary N) is 1. The number of carbonyl (C=O) groups is 1. The summed E-state index contributed by atoms with van der Waals surface area (Å²) in [6, 6.07) is 16.0. The number of rotatable bonds is 6. The highest BCUT2D eigenvalue weighted by Crippen LogP contribution is 2.14. The topological polar surface area (TPSA) is 58.4 Å². The Morgan fingerprint density at radius 1 is 0.852 bits per heavy atom. The van der Waals surface area contributed by atoms with Crippen LogP contribution in [0.4, 0.5) is 0 Å². The highest BCUT2D eigenvalue weighted by molar-refractivity contribution is 5.94. The SMILES string of the molecule is Cl.NCc1ccc(C(=O)NCc2ccc(CN3CCCCCC3)cc2)cc1. The van der Waals surface area contributed by atoms with Gasteiger partial charge < -0.3 is 11.1 Å². The van der Waals surface area contributed by atoms with Crippen LogP contribution in [0.15, 0.2) is 48.5 Å². The molecule has 0 spiro atoms. The fourth-order valence-corrected chi connectivity index (χ4v) is 3.39. The first-order chi connectivity index (χ1) is 12.7. The van der Waals surface area contributed by atoms with E-state index in [0.717, 1.165) is 17.7 Å². The summed E-state index contributed by atoms with van der Waals surface area (Å²) in [6.07, 6.45) is 5.36. The number of amides is 1. The van der Waals surface area contributed by atoms with E-state index in [1.807, 2.05) is 24.3 Å². The van der Waals surface area contributed by atoms with E-state index in [0.29, 0.717) is 18.7 Å². The molecule has 1 fully saturated rings. The molecule has 3 N–H and O–H groups in total. The average Bonchev–Trinajstić information content (AvgIpc) is 2.96. The predicted octanol–water partition coefficient (Wildman–Crippen LogP) is 3.87. The molecule has 1 heterocycles. The summed E-state index contributed by atoms with van der Waals surface area (Å²) in [5.74, 6) is -0.0535. The Hall–Kier alpha value is -1.88. The van der Waals surface area contributed by atoms with Gasteiger partial charge in [-0.15, -0.1) is 12.4 Å². The van der Waals surface area contributed by atoms with Gasteiger partial charge in [-0.25, -0.2) is 0 Å². The fraction of sp³-hybridized carbons (Fsp3) is 0.409. The third-order valence-electron chi connectivity index (χ3n) is 5.03. The van der Waals surface area contributed by atoms with Crippen molar-refractivity contribution in [1.29, 1.82) is 0 Å². The van der Waals surface area contributed by atoms with E-state index in [2.05, 4.69) is 34.5 Å². The lowest BCUT2D eigenvalue weighted by Gasteiger charge is -2.19. The molecular formula is C22H30ClN3O. The second-order valence-electron chi connectivity index (χ2n) is 7.09. The van der Waals surface area contributed by atoms with E-state index < -0.39 is 0 Å². The van der Waals surface area contributed by atoms with Crippen molar-refractivity contribution in [3.05, 3.63) is 70.8 Å². The van der Waals surface area contributed by atoms with Crippen LogP contribution >= 0.6 is 12.4 Å². The Labute approximate surface area is 168 Å². The molecule has 146 valence electrons. The van der Waals surface area contributed by atoms with Gasteiger partial charge in [-0.3, -0.25) is 9.69 Å². The molecular weight excluding hydrogens is 358 g/mol. The van der Waals surface area contributed by atoms with Crippen molar-refractivity contribution < 1.29 is 4.79 Å². The van der Waals surface area contributed by atoms with E-state index in [4.69, 9.17) is 5.73 Å². The van der Waals surface area contributed by atoms with Crippen LogP contribution < -0.4 is 11.1 Å². The molecule has 2 aromatic carbocycles. The number of halogens is 1. The minimum absolute atomic E-state index is 0. The number of likely N-dealkylation sites (tertiary alicyclic amines) is 1. The molecule has 0 aliphatic carbocycles. The molecule has 0 bridgehead atoms. The van der Waals surface area contributed by atoms with E-state index in [1.54, 1.807) is 0 Å². The van der Waals surface area contributed by atoms with E-state index in [1.165, 1.54) is 44.3 Å². The molecule has 0 radical (unpaired) electrons. The summed E-state index contributed by atoms with van der Waals surface area (Å²) >= 11 is 0. The van der Waals surface area contributed by atoms with Crippen LogP contribution in [0.2, 0.25) is 0 Å². The van der Waals surface area contributed by atoms with Crippen LogP contribution in [0.1, 0.15) is 52.7 Å². The minimum atomic E-state index is -0.0535. The van der Waals surface area contributed by atoms with Crippen LogP contribution in [0.5, 0.6) is 0 Å². The molecule has 27 heavy (non-hydrogen) atoms. The third kappa shape index (κ3) is 6.65. The van der Waals surface area contributed by atoms with Gasteiger partial charge in [0, 0.05) is 25.2 Å². The average molecular weight is 388 g/mol. The molecule has 0 aromatic heterocycles. The first-order valence-corrected chi connectivity index (χ1v) is 9.62. The molecule has 1 aliphatic heterocycles. The van der Waals surface area contributed by atoms with Gasteiger partial charge in [-0.2, -0.15) is 0 Å². The zero-order valence-corrected chi connectivity index (χ0v) is 16.6. The Balaban J connectivity index is 0.00000261. The van der Waals surface area contributed by atoms with Gasteiger partial charge in [0.2, 0.25) is 0 Å². The Morgan fingerprint density at radius 2 is 1.41 bits per heavy atom. The van der Waals surface area contributed by atoms with Crippen molar-refractivity contribution in [2.75, 3.05) is 13.1 Å². The van der Waals surface area contributed by atoms with Crippen LogP contribution in [0.25, 0.3) is 0 Å². The van der Waals surface area contributed by atoms with Gasteiger partial charge in [-0.1, -0.05) is 49.2 Å². The van der Waals surface area contributed by atoms with Gasteiger partial charge in [0.05, 0.1) is 0 Å². The molecule has 0 unspecified atom stereocenters. The molecule has 1 amide bonds. The lowest BCUT2D eigenvalue weighted by molar-refractivity contribution is 0.0951. The maximum atomic E-state index is 12.2. The van der Waals surface area contributed by atoms with E-state index >= 15 is 0 Å². The predicted molar refractivity (Wildman–Crippen MR) is 113 cm³/mol. The first kappa shape index (κ1) is 21.4. The van der Waals surface area contributed by atoms with Crippen molar-refractivity contribution in [2.24, 2.45) is 5.73 Å². The standard InChI is InChI=1S/C22H29N3O.ClH/c23-15-18-9-11-21(12-10-18)22(26)24-16-19-5-7-20(8-6-19)17-25-13-3-1-2-4-14-25;/h5-12H,1-4,13-17,23H2,(H,24,26);1H. The van der Waals surface area contributed by atoms with Crippen LogP contribution in [-0.2, 0) is 19.6 Å². The number of hydrogen-bond donors (Lipinski definition) is 2. The zero-order chi connectivity index (χ0) is 18.2. The van der Waals surface area contributed by atoms with Gasteiger partial charge in [0.15, 0.2) is 0 Å². The number of hydrogen-bond acceptors (Lipinski definition) is 3. The summed E-state index contributed by atoms with van der Waals surface area (Å²) in [6.45, 7) is 4.48. The van der Waals surface area contributed by atoms with E-state index in [9.17, 15) is 4.79 Å². The van der Waals surface area contributed by atoms with Crippen molar-refractivity contribution in [3.63, 3.8) is 0 Å². The fourth-order valence-electron chi connectivity index (χ4n) is 3.39. The van der Waals surface area contributed by atoms with E-state index in [-0.39, 0.29) is 18.3 Å². The first-order valence-electron chi connectivity index (χ1n) is 9.62. The number of benzene rings is 2. The second kappa shape index (κ2) is 11.1. The largest absolute Gasteiger partial charge is 0.348 e. The quantitative estimate of drug-likeness (QED) is 0.790. The van der Waals surface area contributed by atoms with Crippen LogP contribution in [0, 0.1) is 0 Å². The van der Waals surface area contributed by atoms with Crippen molar-refractivity contribution in [1.82, 2.24) is 10.2 Å². The monoisotopic (exact) mass is 387 g/mol. The third-order valence-corrected chi connectivity index (χ3v) is 5.03. The molecule has 5 heteroatoms. The maximum Gasteiger partial charge on any atom is 0.251 e. The number of nitrogens with zero attached hydrogens (tertiary/aromatic N) is 1. The van der Waals surface area contributed by atoms with Gasteiger partial charge >= 0.3 is 0 Å². The molecule has 1 aliphatic rings. The summed E-state index contributed by atoms with van der Waals surface area (Å²) < 4.78 is 0. The lowest BCUT2D eigenvalue weighted by atomic mass is 10.1. The molecule has 3 rings (SSSR count). The Kier molecular flexibility index (Phi) is 8.79. The number of nitrogens with two attached hydrogens (primary N) is 1. The highest BCUT2D eigenvalue weighted by Gasteiger charge is 2.09. The van der Waals surface area contributed by atoms with Crippen molar-refractivity contribution >= 4 is 18.3 Å². The summed E-state index contributed by atoms with van der Waals surface area (Å²) in [7, 11) is 0. The maximum absolute atomic E-state index is 12.2. The highest BCUT2D eigenvalue weighted by atomic mass is 35.5. The minimum Gasteiger partial charge on any atom is -0.348 e. The number of carbonyl (C=O) groups excluding carboxylic acids is 1. The lowest BCUT2D eigenvalue weighted by Crippen LogP contribution is -2.24. The smallest absolute Gasteiger partial charge is 0.251 e. The summed E-state index contributed by atoms with van der Waals surface area (Å²) in [5, 5.41) is 2.98. The van der Waals surface area contributed by atoms with Gasteiger partial charge in [-0.05, 0) is 54.8 Å². The summed E-state index contributed by atoms with van der Waals surface area (Å²) in [5.41, 5.74) is 9.75. The molecule has 2 aromatic rings. The molecule has 0 saturated carbocycles. The van der Waals surface area contributed by atoms with Crippen molar-refractivity contribution in [2.45, 2.75) is 45.3 Å². The van der Waals surface area contributed by atoms with Crippen LogP contribution in [0.3, 0.4) is 0 Å². The zero-order valence-electron chi connectivity index (χ0n) is 15.8. The second-order valence-corrected chi connectivity index (χ2v) is 7.09. The molecule has 1 saturated heterocycles. The van der Waals surface area contributed by atoms with Crippen LogP contribution in [-0.4, -0.2) is 23.9 Å².